The van der Waals surface area contributed by atoms with Gasteiger partial charge in [-0.3, -0.25) is 9.59 Å². The van der Waals surface area contributed by atoms with E-state index in [-0.39, 0.29) is 46.7 Å². The first kappa shape index (κ1) is 29.1. The van der Waals surface area contributed by atoms with E-state index in [0.717, 1.165) is 5.56 Å². The summed E-state index contributed by atoms with van der Waals surface area (Å²) >= 11 is 0. The van der Waals surface area contributed by atoms with Crippen LogP contribution in [0.5, 0.6) is 5.75 Å². The van der Waals surface area contributed by atoms with Gasteiger partial charge in [0, 0.05) is 19.3 Å². The molecule has 5 N–H and O–H groups in total. The standard InChI is InChI=1S/C27H34F3N7O3/c1-14(2)12-37-24(31)21(25(32)39)22(38)17-11-33-27(35-26(17)37)34-19-5-4-16(10-20(19)40-3)15-6-8-36(9-7-15)13-18(28)23(29)30/h4-5,10-11,14-15,18,23H,6-9,12-13,31H2,1-3H3,(H2,32,39)(H,33,34,35). The van der Waals surface area contributed by atoms with Crippen molar-refractivity contribution in [1.82, 2.24) is 19.4 Å². The third-order valence-electron chi connectivity index (χ3n) is 7.07. The number of anilines is 3. The molecule has 0 spiro atoms. The second kappa shape index (κ2) is 12.1. The summed E-state index contributed by atoms with van der Waals surface area (Å²) in [7, 11) is 1.53. The smallest absolute Gasteiger partial charge is 0.270 e. The average molecular weight is 562 g/mol. The van der Waals surface area contributed by atoms with Crippen molar-refractivity contribution < 1.29 is 22.7 Å². The summed E-state index contributed by atoms with van der Waals surface area (Å²) in [6, 6.07) is 5.66. The number of amides is 1. The van der Waals surface area contributed by atoms with E-state index in [1.54, 1.807) is 9.47 Å². The Bertz CT molecular complexity index is 1440. The molecule has 1 unspecified atom stereocenters. The summed E-state index contributed by atoms with van der Waals surface area (Å²) in [5, 5.41) is 3.25. The minimum atomic E-state index is -2.97. The number of carbonyl (C=O) groups is 1. The Morgan fingerprint density at radius 1 is 1.20 bits per heavy atom. The van der Waals surface area contributed by atoms with Crippen molar-refractivity contribution in [2.24, 2.45) is 11.7 Å². The number of halogens is 3. The molecule has 2 aromatic heterocycles. The fourth-order valence-electron chi connectivity index (χ4n) is 5.05. The van der Waals surface area contributed by atoms with E-state index in [0.29, 0.717) is 43.9 Å². The zero-order valence-corrected chi connectivity index (χ0v) is 22.7. The van der Waals surface area contributed by atoms with Gasteiger partial charge in [-0.25, -0.2) is 18.2 Å². The average Bonchev–Trinajstić information content (AvgIpc) is 2.91. The van der Waals surface area contributed by atoms with Gasteiger partial charge in [0.05, 0.1) is 18.2 Å². The van der Waals surface area contributed by atoms with Gasteiger partial charge in [-0.05, 0) is 55.5 Å². The molecule has 1 fully saturated rings. The number of aromatic nitrogens is 3. The van der Waals surface area contributed by atoms with Crippen LogP contribution in [0.3, 0.4) is 0 Å². The summed E-state index contributed by atoms with van der Waals surface area (Å²) in [4.78, 5) is 35.4. The molecule has 1 atom stereocenters. The number of fused-ring (bicyclic) bond motifs is 1. The van der Waals surface area contributed by atoms with Gasteiger partial charge in [-0.1, -0.05) is 19.9 Å². The molecule has 0 aliphatic carbocycles. The highest BCUT2D eigenvalue weighted by Crippen LogP contribution is 2.35. The number of hydrogen-bond donors (Lipinski definition) is 3. The molecule has 4 rings (SSSR count). The van der Waals surface area contributed by atoms with Crippen LogP contribution in [-0.2, 0) is 6.54 Å². The minimum Gasteiger partial charge on any atom is -0.495 e. The number of pyridine rings is 1. The predicted molar refractivity (Wildman–Crippen MR) is 147 cm³/mol. The van der Waals surface area contributed by atoms with Crippen molar-refractivity contribution in [2.45, 2.75) is 51.7 Å². The third kappa shape index (κ3) is 6.14. The van der Waals surface area contributed by atoms with Crippen molar-refractivity contribution in [1.29, 1.82) is 0 Å². The summed E-state index contributed by atoms with van der Waals surface area (Å²) in [6.45, 7) is 5.12. The first-order valence-corrected chi connectivity index (χ1v) is 13.1. The maximum Gasteiger partial charge on any atom is 0.270 e. The fraction of sp³-hybridized carbons (Fsp3) is 0.481. The van der Waals surface area contributed by atoms with E-state index in [1.165, 1.54) is 13.3 Å². The molecule has 3 aromatic rings. The van der Waals surface area contributed by atoms with Crippen molar-refractivity contribution in [2.75, 3.05) is 37.8 Å². The molecule has 0 radical (unpaired) electrons. The van der Waals surface area contributed by atoms with Crippen molar-refractivity contribution in [3.05, 3.63) is 45.7 Å². The Kier molecular flexibility index (Phi) is 8.82. The lowest BCUT2D eigenvalue weighted by atomic mass is 9.89. The van der Waals surface area contributed by atoms with Crippen molar-refractivity contribution in [3.8, 4) is 5.75 Å². The number of hydrogen-bond acceptors (Lipinski definition) is 8. The van der Waals surface area contributed by atoms with Crippen LogP contribution in [0.4, 0.5) is 30.6 Å². The van der Waals surface area contributed by atoms with E-state index >= 15 is 0 Å². The largest absolute Gasteiger partial charge is 0.495 e. The van der Waals surface area contributed by atoms with Gasteiger partial charge in [0.25, 0.3) is 12.3 Å². The number of rotatable bonds is 10. The molecule has 216 valence electrons. The van der Waals surface area contributed by atoms with E-state index in [2.05, 4.69) is 15.3 Å². The second-order valence-corrected chi connectivity index (χ2v) is 10.4. The third-order valence-corrected chi connectivity index (χ3v) is 7.07. The van der Waals surface area contributed by atoms with Crippen LogP contribution in [-0.4, -0.2) is 64.7 Å². The predicted octanol–water partition coefficient (Wildman–Crippen LogP) is 3.66. The number of nitrogens with zero attached hydrogens (tertiary/aromatic N) is 4. The lowest BCUT2D eigenvalue weighted by molar-refractivity contribution is 0.0230. The highest BCUT2D eigenvalue weighted by Gasteiger charge is 2.27. The van der Waals surface area contributed by atoms with Crippen LogP contribution in [0.1, 0.15) is 48.5 Å². The number of ether oxygens (including phenoxy) is 1. The van der Waals surface area contributed by atoms with Crippen LogP contribution in [0.25, 0.3) is 11.0 Å². The molecule has 0 saturated carbocycles. The van der Waals surface area contributed by atoms with E-state index < -0.39 is 23.9 Å². The maximum absolute atomic E-state index is 13.4. The minimum absolute atomic E-state index is 0.0485. The number of nitrogens with two attached hydrogens (primary N) is 2. The fourth-order valence-corrected chi connectivity index (χ4v) is 5.05. The molecule has 1 aliphatic heterocycles. The number of benzene rings is 1. The number of nitrogens with one attached hydrogen (secondary N) is 1. The number of alkyl halides is 3. The van der Waals surface area contributed by atoms with E-state index in [1.807, 2.05) is 32.0 Å². The topological polar surface area (TPSA) is 141 Å². The quantitative estimate of drug-likeness (QED) is 0.341. The molecule has 1 saturated heterocycles. The molecule has 3 heterocycles. The summed E-state index contributed by atoms with van der Waals surface area (Å²) in [6.07, 6.45) is -2.36. The van der Waals surface area contributed by atoms with Gasteiger partial charge in [0.1, 0.15) is 17.1 Å². The highest BCUT2D eigenvalue weighted by molar-refractivity contribution is 6.00. The number of carbonyl (C=O) groups excluding carboxylic acids is 1. The number of piperidine rings is 1. The second-order valence-electron chi connectivity index (χ2n) is 10.4. The molecular formula is C27H34F3N7O3. The van der Waals surface area contributed by atoms with Gasteiger partial charge in [-0.2, -0.15) is 4.98 Å². The summed E-state index contributed by atoms with van der Waals surface area (Å²) in [5.74, 6) is 0.0611. The summed E-state index contributed by atoms with van der Waals surface area (Å²) < 4.78 is 45.8. The van der Waals surface area contributed by atoms with Crippen LogP contribution in [0, 0.1) is 5.92 Å². The van der Waals surface area contributed by atoms with Gasteiger partial charge >= 0.3 is 0 Å². The number of primary amides is 1. The Balaban J connectivity index is 1.58. The highest BCUT2D eigenvalue weighted by atomic mass is 19.3. The van der Waals surface area contributed by atoms with Crippen LogP contribution < -0.4 is 26.9 Å². The van der Waals surface area contributed by atoms with Gasteiger partial charge in [0.15, 0.2) is 11.8 Å². The Hall–Kier alpha value is -3.87. The van der Waals surface area contributed by atoms with Crippen LogP contribution in [0.2, 0.25) is 0 Å². The molecule has 0 bridgehead atoms. The molecule has 1 aromatic carbocycles. The Labute approximate surface area is 229 Å². The van der Waals surface area contributed by atoms with Gasteiger partial charge < -0.3 is 31.0 Å². The van der Waals surface area contributed by atoms with Crippen molar-refractivity contribution in [3.63, 3.8) is 0 Å². The Morgan fingerprint density at radius 3 is 2.50 bits per heavy atom. The molecule has 1 aliphatic rings. The summed E-state index contributed by atoms with van der Waals surface area (Å²) in [5.41, 5.74) is 12.6. The number of nitrogen functional groups attached to an aromatic ring is 1. The first-order valence-electron chi connectivity index (χ1n) is 13.1. The monoisotopic (exact) mass is 561 g/mol. The van der Waals surface area contributed by atoms with E-state index in [9.17, 15) is 22.8 Å². The maximum atomic E-state index is 13.4. The Morgan fingerprint density at radius 2 is 1.90 bits per heavy atom. The van der Waals surface area contributed by atoms with Crippen molar-refractivity contribution >= 4 is 34.4 Å². The lowest BCUT2D eigenvalue weighted by Gasteiger charge is -2.33. The number of methoxy groups -OCH3 is 1. The molecule has 40 heavy (non-hydrogen) atoms. The zero-order chi connectivity index (χ0) is 29.1. The van der Waals surface area contributed by atoms with E-state index in [4.69, 9.17) is 16.2 Å². The first-order chi connectivity index (χ1) is 19.0. The molecule has 1 amide bonds. The zero-order valence-electron chi connectivity index (χ0n) is 22.7. The molecule has 10 nitrogen and oxygen atoms in total. The molecular weight excluding hydrogens is 527 g/mol. The SMILES string of the molecule is COc1cc(C2CCN(CC(F)C(F)F)CC2)ccc1Nc1ncc2c(=O)c(C(N)=O)c(N)n(CC(C)C)c2n1. The number of likely N-dealkylation sites (tertiary alicyclic amines) is 1. The van der Waals surface area contributed by atoms with Crippen LogP contribution in [0.15, 0.2) is 29.2 Å². The lowest BCUT2D eigenvalue weighted by Crippen LogP contribution is -2.39. The van der Waals surface area contributed by atoms with Crippen LogP contribution >= 0.6 is 0 Å². The van der Waals surface area contributed by atoms with Gasteiger partial charge in [0.2, 0.25) is 11.4 Å². The van der Waals surface area contributed by atoms with Gasteiger partial charge in [-0.15, -0.1) is 0 Å². The normalized spacial score (nSPS) is 15.6. The molecule has 13 heteroatoms.